The molecule has 1 aliphatic heterocycles. The van der Waals surface area contributed by atoms with E-state index in [4.69, 9.17) is 14.2 Å². The van der Waals surface area contributed by atoms with E-state index >= 15 is 0 Å². The van der Waals surface area contributed by atoms with E-state index in [2.05, 4.69) is 16.0 Å². The molecular formula is C27H34FN3O4. The average molecular weight is 484 g/mol. The summed E-state index contributed by atoms with van der Waals surface area (Å²) >= 11 is 0. The summed E-state index contributed by atoms with van der Waals surface area (Å²) in [5, 5.41) is 11.1. The van der Waals surface area contributed by atoms with Crippen molar-refractivity contribution in [2.75, 3.05) is 33.4 Å². The normalized spacial score (nSPS) is 18.7. The summed E-state index contributed by atoms with van der Waals surface area (Å²) in [5.41, 5.74) is 0.146. The average Bonchev–Trinajstić information content (AvgIpc) is 3.17. The number of aryl methyl sites for hydroxylation is 1. The summed E-state index contributed by atoms with van der Waals surface area (Å²) in [5.74, 6) is 2.14. The molecular weight excluding hydrogens is 449 g/mol. The molecule has 0 spiro atoms. The van der Waals surface area contributed by atoms with E-state index in [0.717, 1.165) is 37.4 Å². The number of imidazole rings is 1. The number of halogens is 1. The van der Waals surface area contributed by atoms with Gasteiger partial charge in [0.15, 0.2) is 23.1 Å². The van der Waals surface area contributed by atoms with Crippen molar-refractivity contribution in [1.29, 1.82) is 0 Å². The zero-order valence-corrected chi connectivity index (χ0v) is 20.5. The zero-order valence-electron chi connectivity index (χ0n) is 20.5. The first-order valence-electron chi connectivity index (χ1n) is 12.1. The Labute approximate surface area is 206 Å². The zero-order chi connectivity index (χ0) is 24.7. The number of para-hydroxylation sites is 1. The highest BCUT2D eigenvalue weighted by atomic mass is 19.1. The predicted octanol–water partition coefficient (Wildman–Crippen LogP) is 4.21. The quantitative estimate of drug-likeness (QED) is 0.466. The second-order valence-corrected chi connectivity index (χ2v) is 9.07. The molecule has 0 aliphatic carbocycles. The Bertz CT molecular complexity index is 1110. The highest BCUT2D eigenvalue weighted by Crippen LogP contribution is 2.30. The SMILES string of the molecule is COc1cc(CN2CCC[C@@](O)(COc3ccccc3F)CC2)ccc1OCCn1ccnc1C. The Kier molecular flexibility index (Phi) is 8.25. The van der Waals surface area contributed by atoms with E-state index in [0.29, 0.717) is 37.5 Å². The lowest BCUT2D eigenvalue weighted by molar-refractivity contribution is -0.0177. The molecule has 1 fully saturated rings. The van der Waals surface area contributed by atoms with Crippen LogP contribution in [0.1, 0.15) is 30.7 Å². The summed E-state index contributed by atoms with van der Waals surface area (Å²) in [7, 11) is 1.65. The molecule has 0 saturated carbocycles. The number of ether oxygens (including phenoxy) is 3. The number of hydrogen-bond acceptors (Lipinski definition) is 6. The minimum Gasteiger partial charge on any atom is -0.493 e. The Morgan fingerprint density at radius 1 is 1.06 bits per heavy atom. The lowest BCUT2D eigenvalue weighted by atomic mass is 9.96. The monoisotopic (exact) mass is 483 g/mol. The second-order valence-electron chi connectivity index (χ2n) is 9.07. The fourth-order valence-corrected chi connectivity index (χ4v) is 4.39. The van der Waals surface area contributed by atoms with Gasteiger partial charge in [-0.15, -0.1) is 0 Å². The van der Waals surface area contributed by atoms with Gasteiger partial charge in [0.05, 0.1) is 19.3 Å². The van der Waals surface area contributed by atoms with Crippen LogP contribution in [-0.4, -0.2) is 58.6 Å². The van der Waals surface area contributed by atoms with Crippen LogP contribution >= 0.6 is 0 Å². The summed E-state index contributed by atoms with van der Waals surface area (Å²) < 4.78 is 33.1. The van der Waals surface area contributed by atoms with Crippen molar-refractivity contribution in [3.63, 3.8) is 0 Å². The molecule has 1 N–H and O–H groups in total. The van der Waals surface area contributed by atoms with Crippen molar-refractivity contribution >= 4 is 0 Å². The molecule has 2 aromatic carbocycles. The smallest absolute Gasteiger partial charge is 0.165 e. The third kappa shape index (κ3) is 6.74. The molecule has 1 aromatic heterocycles. The second kappa shape index (κ2) is 11.6. The van der Waals surface area contributed by atoms with Crippen LogP contribution in [0.25, 0.3) is 0 Å². The van der Waals surface area contributed by atoms with E-state index in [9.17, 15) is 9.50 Å². The molecule has 1 atom stereocenters. The van der Waals surface area contributed by atoms with Crippen molar-refractivity contribution in [3.05, 3.63) is 72.1 Å². The first kappa shape index (κ1) is 25.0. The maximum absolute atomic E-state index is 13.9. The predicted molar refractivity (Wildman–Crippen MR) is 131 cm³/mol. The summed E-state index contributed by atoms with van der Waals surface area (Å²) in [6, 6.07) is 12.3. The van der Waals surface area contributed by atoms with Gasteiger partial charge >= 0.3 is 0 Å². The van der Waals surface area contributed by atoms with Gasteiger partial charge in [0.1, 0.15) is 19.0 Å². The summed E-state index contributed by atoms with van der Waals surface area (Å²) in [6.07, 6.45) is 5.73. The lowest BCUT2D eigenvalue weighted by Crippen LogP contribution is -2.37. The Morgan fingerprint density at radius 2 is 1.91 bits per heavy atom. The molecule has 4 rings (SSSR count). The van der Waals surface area contributed by atoms with Crippen LogP contribution in [0.15, 0.2) is 54.9 Å². The van der Waals surface area contributed by atoms with Crippen molar-refractivity contribution in [3.8, 4) is 17.2 Å². The lowest BCUT2D eigenvalue weighted by Gasteiger charge is -2.27. The molecule has 0 amide bonds. The summed E-state index contributed by atoms with van der Waals surface area (Å²) in [4.78, 5) is 6.54. The number of rotatable bonds is 10. The molecule has 0 bridgehead atoms. The highest BCUT2D eigenvalue weighted by molar-refractivity contribution is 5.43. The number of methoxy groups -OCH3 is 1. The number of benzene rings is 2. The van der Waals surface area contributed by atoms with Crippen molar-refractivity contribution in [1.82, 2.24) is 14.5 Å². The van der Waals surface area contributed by atoms with Crippen LogP contribution in [0.3, 0.4) is 0 Å². The third-order valence-corrected chi connectivity index (χ3v) is 6.49. The molecule has 0 radical (unpaired) electrons. The van der Waals surface area contributed by atoms with Gasteiger partial charge in [-0.1, -0.05) is 18.2 Å². The van der Waals surface area contributed by atoms with Gasteiger partial charge in [-0.2, -0.15) is 0 Å². The number of aliphatic hydroxyl groups is 1. The topological polar surface area (TPSA) is 69.0 Å². The van der Waals surface area contributed by atoms with Crippen LogP contribution < -0.4 is 14.2 Å². The molecule has 188 valence electrons. The first-order valence-corrected chi connectivity index (χ1v) is 12.1. The molecule has 35 heavy (non-hydrogen) atoms. The fraction of sp³-hybridized carbons (Fsp3) is 0.444. The standard InChI is InChI=1S/C27H34FN3O4/c1-21-29-12-15-31(21)16-17-34-25-9-8-22(18-26(25)33-2)19-30-13-5-10-27(32,11-14-30)20-35-24-7-4-3-6-23(24)28/h3-4,6-9,12,15,18,32H,5,10-11,13-14,16-17,19-20H2,1-2H3/t27-/m0/s1. The van der Waals surface area contributed by atoms with Crippen molar-refractivity contribution in [2.45, 2.75) is 44.9 Å². The van der Waals surface area contributed by atoms with Gasteiger partial charge < -0.3 is 23.9 Å². The molecule has 1 aliphatic rings. The van der Waals surface area contributed by atoms with E-state index in [1.165, 1.54) is 6.07 Å². The molecule has 8 heteroatoms. The first-order chi connectivity index (χ1) is 17.0. The number of likely N-dealkylation sites (tertiary alicyclic amines) is 1. The minimum atomic E-state index is -0.972. The van der Waals surface area contributed by atoms with E-state index in [-0.39, 0.29) is 12.4 Å². The number of aromatic nitrogens is 2. The third-order valence-electron chi connectivity index (χ3n) is 6.49. The molecule has 7 nitrogen and oxygen atoms in total. The fourth-order valence-electron chi connectivity index (χ4n) is 4.39. The van der Waals surface area contributed by atoms with E-state index < -0.39 is 11.4 Å². The Morgan fingerprint density at radius 3 is 2.69 bits per heavy atom. The van der Waals surface area contributed by atoms with E-state index in [1.54, 1.807) is 31.5 Å². The van der Waals surface area contributed by atoms with Gasteiger partial charge in [0.25, 0.3) is 0 Å². The van der Waals surface area contributed by atoms with Crippen LogP contribution in [0.2, 0.25) is 0 Å². The van der Waals surface area contributed by atoms with Crippen LogP contribution in [-0.2, 0) is 13.1 Å². The highest BCUT2D eigenvalue weighted by Gasteiger charge is 2.31. The van der Waals surface area contributed by atoms with Crippen LogP contribution in [0, 0.1) is 12.7 Å². The van der Waals surface area contributed by atoms with Gasteiger partial charge in [0.2, 0.25) is 0 Å². The van der Waals surface area contributed by atoms with Crippen LogP contribution in [0.4, 0.5) is 4.39 Å². The Balaban J connectivity index is 1.30. The molecule has 3 aromatic rings. The minimum absolute atomic E-state index is 0.0836. The van der Waals surface area contributed by atoms with Crippen LogP contribution in [0.5, 0.6) is 17.2 Å². The van der Waals surface area contributed by atoms with Gasteiger partial charge in [0, 0.05) is 25.5 Å². The van der Waals surface area contributed by atoms with Gasteiger partial charge in [-0.05, 0) is 62.6 Å². The number of hydrogen-bond donors (Lipinski definition) is 1. The Hall–Kier alpha value is -3.10. The molecule has 2 heterocycles. The van der Waals surface area contributed by atoms with Crippen molar-refractivity contribution in [2.24, 2.45) is 0 Å². The van der Waals surface area contributed by atoms with Gasteiger partial charge in [-0.3, -0.25) is 4.90 Å². The number of nitrogens with zero attached hydrogens (tertiary/aromatic N) is 3. The molecule has 1 saturated heterocycles. The summed E-state index contributed by atoms with van der Waals surface area (Å²) in [6.45, 7) is 5.62. The maximum Gasteiger partial charge on any atom is 0.165 e. The van der Waals surface area contributed by atoms with Gasteiger partial charge in [-0.25, -0.2) is 9.37 Å². The maximum atomic E-state index is 13.9. The van der Waals surface area contributed by atoms with E-state index in [1.807, 2.05) is 29.8 Å². The van der Waals surface area contributed by atoms with Crippen molar-refractivity contribution < 1.29 is 23.7 Å². The largest absolute Gasteiger partial charge is 0.493 e. The molecule has 0 unspecified atom stereocenters.